The smallest absolute Gasteiger partial charge is 0.127 e. The van der Waals surface area contributed by atoms with Crippen LogP contribution >= 0.6 is 11.6 Å². The third kappa shape index (κ3) is 3.15. The molecular formula is C17H15ClN2O. The maximum atomic E-state index is 9.58. The van der Waals surface area contributed by atoms with Gasteiger partial charge in [-0.15, -0.1) is 0 Å². The van der Waals surface area contributed by atoms with Crippen molar-refractivity contribution in [1.82, 2.24) is 4.98 Å². The molecule has 0 bridgehead atoms. The van der Waals surface area contributed by atoms with E-state index in [9.17, 15) is 5.11 Å². The molecule has 0 saturated heterocycles. The van der Waals surface area contributed by atoms with Gasteiger partial charge in [0.1, 0.15) is 5.82 Å². The van der Waals surface area contributed by atoms with Gasteiger partial charge in [0.05, 0.1) is 18.2 Å². The molecule has 106 valence electrons. The number of anilines is 1. The molecule has 21 heavy (non-hydrogen) atoms. The fourth-order valence-corrected chi connectivity index (χ4v) is 2.46. The van der Waals surface area contributed by atoms with Crippen LogP contribution in [0.5, 0.6) is 0 Å². The van der Waals surface area contributed by atoms with E-state index in [-0.39, 0.29) is 12.6 Å². The summed E-state index contributed by atoms with van der Waals surface area (Å²) in [5, 5.41) is 14.5. The average molecular weight is 299 g/mol. The largest absolute Gasteiger partial charge is 0.394 e. The molecule has 3 rings (SSSR count). The molecule has 0 aliphatic heterocycles. The van der Waals surface area contributed by atoms with E-state index in [4.69, 9.17) is 11.6 Å². The van der Waals surface area contributed by atoms with Crippen molar-refractivity contribution in [2.24, 2.45) is 0 Å². The van der Waals surface area contributed by atoms with Crippen LogP contribution in [0.25, 0.3) is 10.9 Å². The molecule has 0 spiro atoms. The Morgan fingerprint density at radius 2 is 1.86 bits per heavy atom. The molecule has 0 amide bonds. The monoisotopic (exact) mass is 298 g/mol. The highest BCUT2D eigenvalue weighted by Crippen LogP contribution is 2.22. The molecule has 0 aliphatic rings. The van der Waals surface area contributed by atoms with Gasteiger partial charge in [0.15, 0.2) is 0 Å². The molecular weight excluding hydrogens is 284 g/mol. The summed E-state index contributed by atoms with van der Waals surface area (Å²) in [5.41, 5.74) is 1.90. The summed E-state index contributed by atoms with van der Waals surface area (Å²) in [4.78, 5) is 4.55. The summed E-state index contributed by atoms with van der Waals surface area (Å²) in [7, 11) is 0. The normalized spacial score (nSPS) is 12.3. The zero-order valence-corrected chi connectivity index (χ0v) is 12.1. The SMILES string of the molecule is OCC(Nc1ccc2cc(Cl)ccc2n1)c1ccccc1. The number of aromatic nitrogens is 1. The molecule has 0 radical (unpaired) electrons. The number of nitrogens with zero attached hydrogens (tertiary/aromatic N) is 1. The molecule has 2 aromatic carbocycles. The maximum absolute atomic E-state index is 9.58. The van der Waals surface area contributed by atoms with Gasteiger partial charge in [-0.2, -0.15) is 0 Å². The number of hydrogen-bond acceptors (Lipinski definition) is 3. The molecule has 4 heteroatoms. The van der Waals surface area contributed by atoms with E-state index in [0.29, 0.717) is 5.02 Å². The van der Waals surface area contributed by atoms with Crippen molar-refractivity contribution < 1.29 is 5.11 Å². The highest BCUT2D eigenvalue weighted by atomic mass is 35.5. The van der Waals surface area contributed by atoms with Gasteiger partial charge in [-0.05, 0) is 35.9 Å². The van der Waals surface area contributed by atoms with Gasteiger partial charge in [0, 0.05) is 10.4 Å². The predicted molar refractivity (Wildman–Crippen MR) is 86.6 cm³/mol. The Morgan fingerprint density at radius 1 is 1.05 bits per heavy atom. The molecule has 1 aromatic heterocycles. The number of rotatable bonds is 4. The number of pyridine rings is 1. The van der Waals surface area contributed by atoms with Gasteiger partial charge in [0.2, 0.25) is 0 Å². The number of nitrogens with one attached hydrogen (secondary N) is 1. The van der Waals surface area contributed by atoms with Crippen LogP contribution < -0.4 is 5.32 Å². The first-order chi connectivity index (χ1) is 10.3. The number of aliphatic hydroxyl groups is 1. The van der Waals surface area contributed by atoms with Crippen LogP contribution in [-0.2, 0) is 0 Å². The summed E-state index contributed by atoms with van der Waals surface area (Å²) in [6.45, 7) is 0.00431. The first-order valence-corrected chi connectivity index (χ1v) is 7.13. The minimum atomic E-state index is -0.177. The van der Waals surface area contributed by atoms with Gasteiger partial charge < -0.3 is 10.4 Å². The van der Waals surface area contributed by atoms with Crippen LogP contribution in [0.3, 0.4) is 0 Å². The van der Waals surface area contributed by atoms with Crippen molar-refractivity contribution in [2.75, 3.05) is 11.9 Å². The number of fused-ring (bicyclic) bond motifs is 1. The maximum Gasteiger partial charge on any atom is 0.127 e. The molecule has 1 atom stereocenters. The van der Waals surface area contributed by atoms with Crippen molar-refractivity contribution >= 4 is 28.3 Å². The van der Waals surface area contributed by atoms with E-state index in [2.05, 4.69) is 10.3 Å². The van der Waals surface area contributed by atoms with Crippen LogP contribution in [0, 0.1) is 0 Å². The van der Waals surface area contributed by atoms with Gasteiger partial charge in [0.25, 0.3) is 0 Å². The van der Waals surface area contributed by atoms with Crippen LogP contribution in [0.2, 0.25) is 5.02 Å². The number of aliphatic hydroxyl groups excluding tert-OH is 1. The zero-order chi connectivity index (χ0) is 14.7. The summed E-state index contributed by atoms with van der Waals surface area (Å²) in [6, 6.07) is 19.1. The Labute approximate surface area is 128 Å². The van der Waals surface area contributed by atoms with Crippen LogP contribution in [0.1, 0.15) is 11.6 Å². The van der Waals surface area contributed by atoms with E-state index in [1.807, 2.05) is 60.7 Å². The first kappa shape index (κ1) is 13.9. The second-order valence-electron chi connectivity index (χ2n) is 4.82. The van der Waals surface area contributed by atoms with Crippen molar-refractivity contribution in [3.05, 3.63) is 71.2 Å². The highest BCUT2D eigenvalue weighted by Gasteiger charge is 2.10. The first-order valence-electron chi connectivity index (χ1n) is 6.75. The van der Waals surface area contributed by atoms with Crippen LogP contribution in [0.4, 0.5) is 5.82 Å². The average Bonchev–Trinajstić information content (AvgIpc) is 2.53. The van der Waals surface area contributed by atoms with Crippen molar-refractivity contribution in [2.45, 2.75) is 6.04 Å². The summed E-state index contributed by atoms with van der Waals surface area (Å²) in [5.74, 6) is 0.729. The lowest BCUT2D eigenvalue weighted by Crippen LogP contribution is -2.15. The molecule has 2 N–H and O–H groups in total. The summed E-state index contributed by atoms with van der Waals surface area (Å²) < 4.78 is 0. The number of halogens is 1. The summed E-state index contributed by atoms with van der Waals surface area (Å²) in [6.07, 6.45) is 0. The number of benzene rings is 2. The van der Waals surface area contributed by atoms with Crippen molar-refractivity contribution in [3.8, 4) is 0 Å². The number of hydrogen-bond donors (Lipinski definition) is 2. The summed E-state index contributed by atoms with van der Waals surface area (Å²) >= 11 is 5.97. The topological polar surface area (TPSA) is 45.1 Å². The molecule has 0 fully saturated rings. The standard InChI is InChI=1S/C17H15ClN2O/c18-14-7-8-15-13(10-14)6-9-17(19-15)20-16(11-21)12-4-2-1-3-5-12/h1-10,16,21H,11H2,(H,19,20). The van der Waals surface area contributed by atoms with Gasteiger partial charge in [-0.25, -0.2) is 4.98 Å². The van der Waals surface area contributed by atoms with Crippen LogP contribution in [-0.4, -0.2) is 16.7 Å². The van der Waals surface area contributed by atoms with E-state index < -0.39 is 0 Å². The van der Waals surface area contributed by atoms with Crippen molar-refractivity contribution in [3.63, 3.8) is 0 Å². The van der Waals surface area contributed by atoms with Gasteiger partial charge in [-0.3, -0.25) is 0 Å². The minimum Gasteiger partial charge on any atom is -0.394 e. The lowest BCUT2D eigenvalue weighted by atomic mass is 10.1. The Hall–Kier alpha value is -2.10. The molecule has 1 unspecified atom stereocenters. The molecule has 1 heterocycles. The molecule has 0 saturated carbocycles. The second kappa shape index (κ2) is 6.12. The Bertz CT molecular complexity index is 746. The fourth-order valence-electron chi connectivity index (χ4n) is 2.28. The highest BCUT2D eigenvalue weighted by molar-refractivity contribution is 6.31. The Morgan fingerprint density at radius 3 is 2.62 bits per heavy atom. The van der Waals surface area contributed by atoms with Crippen molar-refractivity contribution in [1.29, 1.82) is 0 Å². The molecule has 3 aromatic rings. The van der Waals surface area contributed by atoms with E-state index in [1.165, 1.54) is 0 Å². The quantitative estimate of drug-likeness (QED) is 0.764. The van der Waals surface area contributed by atoms with Gasteiger partial charge >= 0.3 is 0 Å². The van der Waals surface area contributed by atoms with E-state index in [0.717, 1.165) is 22.3 Å². The van der Waals surface area contributed by atoms with Gasteiger partial charge in [-0.1, -0.05) is 41.9 Å². The Kier molecular flexibility index (Phi) is 4.04. The molecule has 3 nitrogen and oxygen atoms in total. The van der Waals surface area contributed by atoms with E-state index in [1.54, 1.807) is 0 Å². The second-order valence-corrected chi connectivity index (χ2v) is 5.26. The lowest BCUT2D eigenvalue weighted by Gasteiger charge is -2.17. The third-order valence-electron chi connectivity index (χ3n) is 3.36. The predicted octanol–water partition coefficient (Wildman–Crippen LogP) is 4.03. The molecule has 0 aliphatic carbocycles. The van der Waals surface area contributed by atoms with E-state index >= 15 is 0 Å². The van der Waals surface area contributed by atoms with Crippen LogP contribution in [0.15, 0.2) is 60.7 Å². The zero-order valence-electron chi connectivity index (χ0n) is 11.3. The minimum absolute atomic E-state index is 0.00431. The third-order valence-corrected chi connectivity index (χ3v) is 3.59. The lowest BCUT2D eigenvalue weighted by molar-refractivity contribution is 0.276. The Balaban J connectivity index is 1.88. The fraction of sp³-hybridized carbons (Fsp3) is 0.118.